The molecule has 138 valence electrons. The molecule has 2 aromatic heterocycles. The summed E-state index contributed by atoms with van der Waals surface area (Å²) in [4.78, 5) is 4.76. The number of halogens is 2. The Balaban J connectivity index is 2.00. The van der Waals surface area contributed by atoms with Gasteiger partial charge in [0, 0.05) is 4.47 Å². The SMILES string of the molecule is CC(C)(C)[SiH2]OC(C)(C)c1cccc(-n2ncc3c(F)cc(Br)cc32)n1. The van der Waals surface area contributed by atoms with Gasteiger partial charge in [0.25, 0.3) is 0 Å². The fourth-order valence-electron chi connectivity index (χ4n) is 2.58. The number of nitrogens with zero attached hydrogens (tertiary/aromatic N) is 3. The standard InChI is InChI=1S/C19H23BrFN3OSi/c1-18(2,3)26-25-19(4,5)16-7-6-8-17(23-16)24-15-10-12(20)9-14(21)13(15)11-22-24/h6-11H,26H2,1-5H3. The molecule has 0 fully saturated rings. The minimum Gasteiger partial charge on any atom is -0.413 e. The summed E-state index contributed by atoms with van der Waals surface area (Å²) in [6.07, 6.45) is 1.53. The summed E-state index contributed by atoms with van der Waals surface area (Å²) in [5, 5.41) is 5.01. The van der Waals surface area contributed by atoms with Gasteiger partial charge in [-0.1, -0.05) is 42.8 Å². The molecular formula is C19H23BrFN3OSi. The van der Waals surface area contributed by atoms with Crippen molar-refractivity contribution in [3.8, 4) is 5.82 Å². The zero-order valence-corrected chi connectivity index (χ0v) is 18.7. The number of benzene rings is 1. The van der Waals surface area contributed by atoms with Gasteiger partial charge in [-0.2, -0.15) is 5.10 Å². The van der Waals surface area contributed by atoms with E-state index in [9.17, 15) is 4.39 Å². The zero-order valence-electron chi connectivity index (χ0n) is 15.7. The molecule has 0 atom stereocenters. The summed E-state index contributed by atoms with van der Waals surface area (Å²) < 4.78 is 22.7. The molecule has 0 radical (unpaired) electrons. The van der Waals surface area contributed by atoms with Crippen LogP contribution in [0, 0.1) is 5.82 Å². The highest BCUT2D eigenvalue weighted by molar-refractivity contribution is 9.10. The molecule has 4 nitrogen and oxygen atoms in total. The molecule has 7 heteroatoms. The van der Waals surface area contributed by atoms with E-state index in [1.54, 1.807) is 4.68 Å². The number of hydrogen-bond acceptors (Lipinski definition) is 3. The lowest BCUT2D eigenvalue weighted by Gasteiger charge is -2.29. The van der Waals surface area contributed by atoms with E-state index in [1.807, 2.05) is 38.1 Å². The third-order valence-corrected chi connectivity index (χ3v) is 6.23. The molecule has 0 unspecified atom stereocenters. The summed E-state index contributed by atoms with van der Waals surface area (Å²) >= 11 is 3.34. The maximum absolute atomic E-state index is 14.1. The Hall–Kier alpha value is -1.57. The minimum absolute atomic E-state index is 0.205. The van der Waals surface area contributed by atoms with Crippen molar-refractivity contribution in [3.63, 3.8) is 0 Å². The van der Waals surface area contributed by atoms with Crippen molar-refractivity contribution in [2.24, 2.45) is 0 Å². The lowest BCUT2D eigenvalue weighted by Crippen LogP contribution is -2.28. The van der Waals surface area contributed by atoms with E-state index >= 15 is 0 Å². The minimum atomic E-state index is -0.725. The van der Waals surface area contributed by atoms with Crippen LogP contribution < -0.4 is 0 Å². The van der Waals surface area contributed by atoms with E-state index in [4.69, 9.17) is 9.41 Å². The first-order valence-corrected chi connectivity index (χ1v) is 10.6. The Bertz CT molecular complexity index is 950. The fraction of sp³-hybridized carbons (Fsp3) is 0.368. The third-order valence-electron chi connectivity index (χ3n) is 4.04. The number of pyridine rings is 1. The van der Waals surface area contributed by atoms with Crippen LogP contribution in [0.1, 0.15) is 40.3 Å². The summed E-state index contributed by atoms with van der Waals surface area (Å²) in [7, 11) is -0.725. The van der Waals surface area contributed by atoms with Crippen LogP contribution in [-0.2, 0) is 10.0 Å². The van der Waals surface area contributed by atoms with Gasteiger partial charge >= 0.3 is 0 Å². The smallest absolute Gasteiger partial charge is 0.168 e. The van der Waals surface area contributed by atoms with Crippen LogP contribution in [0.4, 0.5) is 4.39 Å². The second-order valence-corrected chi connectivity index (χ2v) is 11.7. The predicted octanol–water partition coefficient (Wildman–Crippen LogP) is 4.88. The Morgan fingerprint density at radius 3 is 2.58 bits per heavy atom. The van der Waals surface area contributed by atoms with Crippen molar-refractivity contribution < 1.29 is 8.82 Å². The second-order valence-electron chi connectivity index (χ2n) is 8.12. The lowest BCUT2D eigenvalue weighted by atomic mass is 10.1. The van der Waals surface area contributed by atoms with E-state index in [0.29, 0.717) is 21.2 Å². The van der Waals surface area contributed by atoms with Gasteiger partial charge in [-0.05, 0) is 43.2 Å². The van der Waals surface area contributed by atoms with Crippen molar-refractivity contribution in [2.45, 2.75) is 45.3 Å². The van der Waals surface area contributed by atoms with E-state index in [-0.39, 0.29) is 10.9 Å². The number of hydrogen-bond donors (Lipinski definition) is 0. The van der Waals surface area contributed by atoms with Crippen LogP contribution in [0.15, 0.2) is 41.0 Å². The van der Waals surface area contributed by atoms with E-state index in [1.165, 1.54) is 12.3 Å². The molecule has 2 heterocycles. The van der Waals surface area contributed by atoms with Gasteiger partial charge in [0.2, 0.25) is 0 Å². The van der Waals surface area contributed by atoms with Gasteiger partial charge < -0.3 is 4.43 Å². The van der Waals surface area contributed by atoms with Crippen molar-refractivity contribution in [3.05, 3.63) is 52.5 Å². The number of fused-ring (bicyclic) bond motifs is 1. The van der Waals surface area contributed by atoms with Gasteiger partial charge in [-0.3, -0.25) is 0 Å². The summed E-state index contributed by atoms with van der Waals surface area (Å²) in [6.45, 7) is 10.7. The fourth-order valence-corrected chi connectivity index (χ4v) is 3.94. The Kier molecular flexibility index (Phi) is 5.07. The Labute approximate surface area is 163 Å². The van der Waals surface area contributed by atoms with Crippen molar-refractivity contribution in [2.75, 3.05) is 0 Å². The first-order chi connectivity index (χ1) is 12.1. The van der Waals surface area contributed by atoms with Gasteiger partial charge in [0.1, 0.15) is 5.82 Å². The average molecular weight is 436 g/mol. The topological polar surface area (TPSA) is 39.9 Å². The highest BCUT2D eigenvalue weighted by atomic mass is 79.9. The second kappa shape index (κ2) is 6.87. The van der Waals surface area contributed by atoms with Gasteiger partial charge in [-0.15, -0.1) is 0 Å². The maximum Gasteiger partial charge on any atom is 0.168 e. The molecule has 0 saturated heterocycles. The molecule has 3 rings (SSSR count). The van der Waals surface area contributed by atoms with Crippen molar-refractivity contribution >= 4 is 36.6 Å². The molecule has 0 N–H and O–H groups in total. The summed E-state index contributed by atoms with van der Waals surface area (Å²) in [5.41, 5.74) is 1.03. The third kappa shape index (κ3) is 4.05. The van der Waals surface area contributed by atoms with Crippen molar-refractivity contribution in [1.82, 2.24) is 14.8 Å². The molecule has 0 spiro atoms. The number of aromatic nitrogens is 3. The summed E-state index contributed by atoms with van der Waals surface area (Å²) in [5.74, 6) is 0.334. The first-order valence-electron chi connectivity index (χ1n) is 8.51. The highest BCUT2D eigenvalue weighted by Crippen LogP contribution is 2.30. The molecule has 0 amide bonds. The monoisotopic (exact) mass is 435 g/mol. The molecule has 0 aliphatic rings. The molecule has 3 aromatic rings. The number of rotatable bonds is 4. The van der Waals surface area contributed by atoms with Crippen LogP contribution >= 0.6 is 15.9 Å². The molecule has 0 bridgehead atoms. The van der Waals surface area contributed by atoms with Crippen LogP contribution in [-0.4, -0.2) is 24.5 Å². The Morgan fingerprint density at radius 2 is 1.88 bits per heavy atom. The van der Waals surface area contributed by atoms with Crippen LogP contribution in [0.25, 0.3) is 16.7 Å². The van der Waals surface area contributed by atoms with Crippen molar-refractivity contribution in [1.29, 1.82) is 0 Å². The molecule has 1 aromatic carbocycles. The van der Waals surface area contributed by atoms with E-state index in [2.05, 4.69) is 41.8 Å². The predicted molar refractivity (Wildman–Crippen MR) is 109 cm³/mol. The quantitative estimate of drug-likeness (QED) is 0.548. The lowest BCUT2D eigenvalue weighted by molar-refractivity contribution is 0.104. The zero-order chi connectivity index (χ0) is 19.1. The Morgan fingerprint density at radius 1 is 1.15 bits per heavy atom. The van der Waals surface area contributed by atoms with Gasteiger partial charge in [-0.25, -0.2) is 14.1 Å². The normalized spacial score (nSPS) is 13.2. The first kappa shape index (κ1) is 19.2. The average Bonchev–Trinajstić information content (AvgIpc) is 2.97. The largest absolute Gasteiger partial charge is 0.413 e. The van der Waals surface area contributed by atoms with E-state index < -0.39 is 15.4 Å². The molecule has 0 saturated carbocycles. The van der Waals surface area contributed by atoms with Gasteiger partial charge in [0.05, 0.1) is 28.4 Å². The molecule has 0 aliphatic carbocycles. The molecule has 26 heavy (non-hydrogen) atoms. The highest BCUT2D eigenvalue weighted by Gasteiger charge is 2.26. The van der Waals surface area contributed by atoms with Crippen LogP contribution in [0.5, 0.6) is 0 Å². The molecule has 0 aliphatic heterocycles. The maximum atomic E-state index is 14.1. The van der Waals surface area contributed by atoms with Gasteiger partial charge in [0.15, 0.2) is 15.6 Å². The van der Waals surface area contributed by atoms with Crippen LogP contribution in [0.2, 0.25) is 5.04 Å². The summed E-state index contributed by atoms with van der Waals surface area (Å²) in [6, 6.07) is 9.04. The molecular weight excluding hydrogens is 413 g/mol. The van der Waals surface area contributed by atoms with Crippen LogP contribution in [0.3, 0.4) is 0 Å². The van der Waals surface area contributed by atoms with E-state index in [0.717, 1.165) is 5.69 Å².